The molecule has 0 amide bonds. The Hall–Kier alpha value is -4.21. The van der Waals surface area contributed by atoms with Crippen molar-refractivity contribution in [1.29, 1.82) is 0 Å². The molecule has 9 rings (SSSR count). The van der Waals surface area contributed by atoms with Gasteiger partial charge in [-0.3, -0.25) is 9.59 Å². The number of nitrogens with zero attached hydrogens (tertiary/aromatic N) is 5. The van der Waals surface area contributed by atoms with Crippen molar-refractivity contribution in [2.45, 2.75) is 110 Å². The van der Waals surface area contributed by atoms with Crippen LogP contribution in [0.5, 0.6) is 17.6 Å². The van der Waals surface area contributed by atoms with Crippen molar-refractivity contribution >= 4 is 39.2 Å². The number of nitrogens with one attached hydrogen (secondary N) is 1. The summed E-state index contributed by atoms with van der Waals surface area (Å²) in [6.45, 7) is 17.9. The van der Waals surface area contributed by atoms with Crippen molar-refractivity contribution in [3.8, 4) is 17.6 Å². The van der Waals surface area contributed by atoms with Gasteiger partial charge in [-0.05, 0) is 159 Å². The molecule has 3 N–H and O–H groups in total. The first-order valence-corrected chi connectivity index (χ1v) is 24.8. The molecule has 6 heterocycles. The van der Waals surface area contributed by atoms with Crippen LogP contribution in [0.1, 0.15) is 92.9 Å². The number of hydrogen-bond acceptors (Lipinski definition) is 14. The number of nitrogens with two attached hydrogens (primary N) is 1. The number of carbonyl (C=O) groups is 2. The molecule has 0 spiro atoms. The largest absolute Gasteiger partial charge is 0.481 e. The smallest absolute Gasteiger partial charge is 0.306 e. The Labute approximate surface area is 401 Å². The van der Waals surface area contributed by atoms with E-state index in [9.17, 15) is 9.59 Å². The average molecular weight is 979 g/mol. The van der Waals surface area contributed by atoms with Crippen LogP contribution < -0.4 is 35.1 Å². The zero-order valence-electron chi connectivity index (χ0n) is 40.8. The van der Waals surface area contributed by atoms with Gasteiger partial charge in [-0.2, -0.15) is 0 Å². The highest BCUT2D eigenvalue weighted by atomic mass is 79.9. The van der Waals surface area contributed by atoms with Crippen molar-refractivity contribution < 1.29 is 33.3 Å². The minimum atomic E-state index is -0.398. The average Bonchev–Trinajstić information content (AvgIpc) is 3.69. The fraction of sp³-hybridized carbons (Fsp3) is 0.667. The molecule has 3 unspecified atom stereocenters. The standard InChI is InChI=1S/C19H28N2O3.C13H19N3O.C13H23NO2.C6H6BrNO/c1-19(2,3)24-18(22)10-16-13-5-6-14(16)12-21(11-13)15-7-8-20-17(9-15)23-4;1-17-12-6-11(4-5-15-12)16-7-9-2-3-10(8-16)13(9)14;1-13(2,3)16-12(15)6-11-9-4-5-10(11)8-14-7-9;1-9-6-4-5(7)2-3-8-6/h7-9,13-14,16H,5-6,10-12H2,1-4H3;4-6,9-10,13H,2-3,7-8,14H2,1H3;9-11,14H,4-8H2,1-3H3;2-4H,1H3/t13-,14+,16?;9-,10+,13?;9-,10+,11?;. The van der Waals surface area contributed by atoms with Crippen molar-refractivity contribution in [3.63, 3.8) is 0 Å². The lowest BCUT2D eigenvalue weighted by atomic mass is 9.82. The molecule has 364 valence electrons. The first-order chi connectivity index (χ1) is 31.4. The second-order valence-corrected chi connectivity index (χ2v) is 21.8. The summed E-state index contributed by atoms with van der Waals surface area (Å²) in [5, 5.41) is 3.45. The van der Waals surface area contributed by atoms with Crippen molar-refractivity contribution in [2.24, 2.45) is 53.1 Å². The van der Waals surface area contributed by atoms with Crippen LogP contribution in [0.25, 0.3) is 0 Å². The van der Waals surface area contributed by atoms with E-state index >= 15 is 0 Å². The van der Waals surface area contributed by atoms with Crippen LogP contribution in [0.4, 0.5) is 11.4 Å². The van der Waals surface area contributed by atoms with Gasteiger partial charge in [-0.15, -0.1) is 0 Å². The topological polar surface area (TPSA) is 163 Å². The predicted octanol–water partition coefficient (Wildman–Crippen LogP) is 8.36. The van der Waals surface area contributed by atoms with Gasteiger partial charge in [0.15, 0.2) is 0 Å². The Kier molecular flexibility index (Phi) is 18.0. The van der Waals surface area contributed by atoms with E-state index in [0.717, 1.165) is 49.4 Å². The number of methoxy groups -OCH3 is 3. The third-order valence-electron chi connectivity index (χ3n) is 14.0. The Morgan fingerprint density at radius 3 is 1.36 bits per heavy atom. The molecule has 3 saturated heterocycles. The molecular formula is C51H76BrN7O7. The highest BCUT2D eigenvalue weighted by Gasteiger charge is 2.44. The van der Waals surface area contributed by atoms with E-state index in [1.807, 2.05) is 72.0 Å². The molecule has 6 aliphatic rings. The van der Waals surface area contributed by atoms with Crippen LogP contribution in [0, 0.1) is 47.3 Å². The van der Waals surface area contributed by atoms with E-state index in [1.165, 1.54) is 44.2 Å². The number of pyridine rings is 3. The fourth-order valence-corrected chi connectivity index (χ4v) is 11.3. The third kappa shape index (κ3) is 14.6. The molecule has 0 aromatic carbocycles. The summed E-state index contributed by atoms with van der Waals surface area (Å²) in [6.07, 6.45) is 14.0. The van der Waals surface area contributed by atoms with Crippen LogP contribution in [-0.4, -0.2) is 105 Å². The monoisotopic (exact) mass is 977 g/mol. The summed E-state index contributed by atoms with van der Waals surface area (Å²) in [7, 11) is 4.89. The minimum Gasteiger partial charge on any atom is -0.481 e. The van der Waals surface area contributed by atoms with E-state index in [2.05, 4.69) is 52.1 Å². The van der Waals surface area contributed by atoms with E-state index in [4.69, 9.17) is 29.4 Å². The van der Waals surface area contributed by atoms with Gasteiger partial charge in [-0.25, -0.2) is 15.0 Å². The molecule has 3 aromatic rings. The zero-order chi connectivity index (χ0) is 47.6. The normalized spacial score (nSPS) is 27.2. The van der Waals surface area contributed by atoms with Gasteiger partial charge in [0, 0.05) is 97.7 Å². The minimum absolute atomic E-state index is 0.0173. The molecule has 9 atom stereocenters. The van der Waals surface area contributed by atoms with Crippen LogP contribution in [-0.2, 0) is 19.1 Å². The molecule has 3 aliphatic carbocycles. The maximum Gasteiger partial charge on any atom is 0.306 e. The lowest BCUT2D eigenvalue weighted by Crippen LogP contribution is -2.48. The van der Waals surface area contributed by atoms with E-state index in [-0.39, 0.29) is 17.5 Å². The number of piperidine rings is 3. The first kappa shape index (κ1) is 51.2. The quantitative estimate of drug-likeness (QED) is 0.197. The van der Waals surface area contributed by atoms with Gasteiger partial charge in [0.1, 0.15) is 11.2 Å². The summed E-state index contributed by atoms with van der Waals surface area (Å²) in [4.78, 5) is 41.1. The number of esters is 2. The molecule has 6 bridgehead atoms. The Balaban J connectivity index is 0.000000153. The van der Waals surface area contributed by atoms with Crippen LogP contribution in [0.15, 0.2) is 59.5 Å². The molecule has 6 fully saturated rings. The van der Waals surface area contributed by atoms with Gasteiger partial charge >= 0.3 is 11.9 Å². The second-order valence-electron chi connectivity index (χ2n) is 20.9. The SMILES string of the molecule is CC(C)(C)OC(=O)CC1[C@@H]2CC[C@H]1CNC2.COc1cc(Br)ccn1.COc1cc(N2C[C@H]3CC[C@@H](C2)C3CC(=O)OC(C)(C)C)ccn1.COc1cc(N2C[C@H]3CC[C@@H](C2)C3N)ccn1. The van der Waals surface area contributed by atoms with E-state index in [1.54, 1.807) is 39.8 Å². The van der Waals surface area contributed by atoms with Crippen molar-refractivity contribution in [2.75, 3.05) is 70.4 Å². The number of hydrogen-bond donors (Lipinski definition) is 2. The van der Waals surface area contributed by atoms with Gasteiger partial charge in [0.25, 0.3) is 0 Å². The van der Waals surface area contributed by atoms with Crippen LogP contribution in [0.3, 0.4) is 0 Å². The van der Waals surface area contributed by atoms with E-state index in [0.29, 0.717) is 83.9 Å². The summed E-state index contributed by atoms with van der Waals surface area (Å²) < 4.78 is 27.2. The lowest BCUT2D eigenvalue weighted by Gasteiger charge is -2.39. The number of fused-ring (bicyclic) bond motifs is 6. The van der Waals surface area contributed by atoms with E-state index < -0.39 is 5.60 Å². The molecule has 14 nitrogen and oxygen atoms in total. The summed E-state index contributed by atoms with van der Waals surface area (Å²) in [5.74, 6) is 6.77. The van der Waals surface area contributed by atoms with Gasteiger partial charge < -0.3 is 44.5 Å². The number of ether oxygens (including phenoxy) is 5. The van der Waals surface area contributed by atoms with Gasteiger partial charge in [-0.1, -0.05) is 15.9 Å². The van der Waals surface area contributed by atoms with Crippen molar-refractivity contribution in [3.05, 3.63) is 59.5 Å². The number of halogens is 1. The number of aromatic nitrogens is 3. The molecule has 3 saturated carbocycles. The number of carbonyl (C=O) groups excluding carboxylic acids is 2. The molecule has 15 heteroatoms. The molecule has 0 radical (unpaired) electrons. The predicted molar refractivity (Wildman–Crippen MR) is 262 cm³/mol. The Morgan fingerprint density at radius 2 is 0.970 bits per heavy atom. The number of anilines is 2. The molecule has 66 heavy (non-hydrogen) atoms. The molecular weight excluding hydrogens is 903 g/mol. The summed E-state index contributed by atoms with van der Waals surface area (Å²) >= 11 is 3.28. The summed E-state index contributed by atoms with van der Waals surface area (Å²) in [5.41, 5.74) is 7.84. The maximum atomic E-state index is 12.2. The first-order valence-electron chi connectivity index (χ1n) is 24.0. The Morgan fingerprint density at radius 1 is 0.606 bits per heavy atom. The fourth-order valence-electron chi connectivity index (χ4n) is 11.0. The second kappa shape index (κ2) is 23.2. The Bertz CT molecular complexity index is 1990. The number of rotatable bonds is 9. The van der Waals surface area contributed by atoms with Crippen molar-refractivity contribution in [1.82, 2.24) is 20.3 Å². The van der Waals surface area contributed by atoms with Gasteiger partial charge in [0.2, 0.25) is 17.6 Å². The highest BCUT2D eigenvalue weighted by molar-refractivity contribution is 9.10. The summed E-state index contributed by atoms with van der Waals surface area (Å²) in [6, 6.07) is 12.2. The lowest BCUT2D eigenvalue weighted by molar-refractivity contribution is -0.158. The zero-order valence-corrected chi connectivity index (χ0v) is 42.4. The third-order valence-corrected chi connectivity index (χ3v) is 14.5. The van der Waals surface area contributed by atoms with Gasteiger partial charge in [0.05, 0.1) is 21.3 Å². The van der Waals surface area contributed by atoms with Crippen LogP contribution >= 0.6 is 15.9 Å². The maximum absolute atomic E-state index is 12.2. The molecule has 3 aromatic heterocycles. The van der Waals surface area contributed by atoms with Crippen LogP contribution in [0.2, 0.25) is 0 Å². The highest BCUT2D eigenvalue weighted by Crippen LogP contribution is 2.46. The molecule has 3 aliphatic heterocycles.